The molecular weight excluding hydrogens is 402 g/mol. The quantitative estimate of drug-likeness (QED) is 0.591. The van der Waals surface area contributed by atoms with Gasteiger partial charge in [-0.2, -0.15) is 4.98 Å². The van der Waals surface area contributed by atoms with Crippen LogP contribution in [0.25, 0.3) is 0 Å². The molecule has 0 spiro atoms. The van der Waals surface area contributed by atoms with Crippen LogP contribution in [0.2, 0.25) is 0 Å². The summed E-state index contributed by atoms with van der Waals surface area (Å²) in [6.45, 7) is 3.56. The fraction of sp³-hybridized carbons (Fsp3) is 0.320. The summed E-state index contributed by atoms with van der Waals surface area (Å²) in [5.74, 6) is 1.36. The van der Waals surface area contributed by atoms with Crippen LogP contribution in [0.15, 0.2) is 73.1 Å². The van der Waals surface area contributed by atoms with Crippen molar-refractivity contribution in [1.29, 1.82) is 0 Å². The average Bonchev–Trinajstić information content (AvgIpc) is 2.85. The highest BCUT2D eigenvalue weighted by molar-refractivity contribution is 5.78. The molecule has 1 aliphatic heterocycles. The molecule has 7 heteroatoms. The minimum absolute atomic E-state index is 0.0457. The smallest absolute Gasteiger partial charge is 0.234 e. The van der Waals surface area contributed by atoms with Crippen LogP contribution in [-0.4, -0.2) is 60.6 Å². The number of ether oxygens (including phenoxy) is 1. The van der Waals surface area contributed by atoms with E-state index < -0.39 is 0 Å². The highest BCUT2D eigenvalue weighted by Gasteiger charge is 2.22. The first kappa shape index (κ1) is 21.8. The number of aromatic nitrogens is 2. The van der Waals surface area contributed by atoms with Gasteiger partial charge in [0, 0.05) is 26.2 Å². The zero-order chi connectivity index (χ0) is 22.2. The number of amides is 1. The Hall–Kier alpha value is -3.45. The summed E-state index contributed by atoms with van der Waals surface area (Å²) in [4.78, 5) is 25.9. The van der Waals surface area contributed by atoms with Crippen molar-refractivity contribution in [2.24, 2.45) is 0 Å². The lowest BCUT2D eigenvalue weighted by Gasteiger charge is -2.35. The van der Waals surface area contributed by atoms with Crippen LogP contribution >= 0.6 is 0 Å². The Morgan fingerprint density at radius 3 is 2.38 bits per heavy atom. The first-order chi connectivity index (χ1) is 15.7. The van der Waals surface area contributed by atoms with E-state index in [1.807, 2.05) is 36.4 Å². The number of anilines is 1. The number of nitrogens with one attached hydrogen (secondary N) is 1. The van der Waals surface area contributed by atoms with Crippen LogP contribution in [0.1, 0.15) is 17.2 Å². The van der Waals surface area contributed by atoms with Gasteiger partial charge in [0.2, 0.25) is 11.8 Å². The number of hydrogen-bond acceptors (Lipinski definition) is 6. The lowest BCUT2D eigenvalue weighted by molar-refractivity contribution is -0.123. The van der Waals surface area contributed by atoms with Gasteiger partial charge in [-0.05, 0) is 17.5 Å². The molecule has 1 saturated heterocycles. The molecule has 0 bridgehead atoms. The molecule has 1 unspecified atom stereocenters. The summed E-state index contributed by atoms with van der Waals surface area (Å²) in [5, 5.41) is 3.25. The van der Waals surface area contributed by atoms with E-state index in [4.69, 9.17) is 4.74 Å². The zero-order valence-corrected chi connectivity index (χ0v) is 18.4. The minimum atomic E-state index is -0.0561. The molecule has 2 heterocycles. The monoisotopic (exact) mass is 431 g/mol. The van der Waals surface area contributed by atoms with Crippen molar-refractivity contribution in [1.82, 2.24) is 20.2 Å². The molecule has 1 aliphatic rings. The van der Waals surface area contributed by atoms with E-state index in [9.17, 15) is 4.79 Å². The first-order valence-corrected chi connectivity index (χ1v) is 10.9. The second-order valence-electron chi connectivity index (χ2n) is 7.90. The zero-order valence-electron chi connectivity index (χ0n) is 18.4. The number of methoxy groups -OCH3 is 1. The molecule has 1 N–H and O–H groups in total. The molecule has 0 radical (unpaired) electrons. The molecule has 0 aliphatic carbocycles. The maximum absolute atomic E-state index is 12.9. The second-order valence-corrected chi connectivity index (χ2v) is 7.90. The molecule has 3 aromatic rings. The molecule has 32 heavy (non-hydrogen) atoms. The highest BCUT2D eigenvalue weighted by atomic mass is 16.5. The van der Waals surface area contributed by atoms with Gasteiger partial charge in [-0.1, -0.05) is 60.7 Å². The van der Waals surface area contributed by atoms with Crippen LogP contribution in [0.3, 0.4) is 0 Å². The largest absolute Gasteiger partial charge is 0.480 e. The van der Waals surface area contributed by atoms with Crippen molar-refractivity contribution in [2.45, 2.75) is 12.5 Å². The number of nitrogens with zero attached hydrogens (tertiary/aromatic N) is 4. The van der Waals surface area contributed by atoms with Crippen LogP contribution in [0.4, 0.5) is 5.82 Å². The van der Waals surface area contributed by atoms with Crippen LogP contribution in [0.5, 0.6) is 5.88 Å². The van der Waals surface area contributed by atoms with Crippen LogP contribution in [-0.2, 0) is 11.2 Å². The summed E-state index contributed by atoms with van der Waals surface area (Å²) in [6.07, 6.45) is 4.11. The maximum Gasteiger partial charge on any atom is 0.234 e. The van der Waals surface area contributed by atoms with E-state index in [0.29, 0.717) is 12.4 Å². The first-order valence-electron chi connectivity index (χ1n) is 10.9. The molecule has 4 rings (SSSR count). The van der Waals surface area contributed by atoms with E-state index in [0.717, 1.165) is 44.0 Å². The van der Waals surface area contributed by atoms with E-state index in [1.165, 1.54) is 5.56 Å². The van der Waals surface area contributed by atoms with Gasteiger partial charge in [0.05, 0.1) is 32.1 Å². The lowest BCUT2D eigenvalue weighted by Crippen LogP contribution is -2.50. The summed E-state index contributed by atoms with van der Waals surface area (Å²) < 4.78 is 5.17. The molecule has 1 aromatic heterocycles. The van der Waals surface area contributed by atoms with E-state index in [-0.39, 0.29) is 11.9 Å². The predicted octanol–water partition coefficient (Wildman–Crippen LogP) is 2.71. The van der Waals surface area contributed by atoms with Gasteiger partial charge in [0.15, 0.2) is 5.82 Å². The van der Waals surface area contributed by atoms with Gasteiger partial charge >= 0.3 is 0 Å². The number of rotatable bonds is 8. The topological polar surface area (TPSA) is 70.6 Å². The average molecular weight is 432 g/mol. The Balaban J connectivity index is 1.33. The third kappa shape index (κ3) is 5.82. The fourth-order valence-electron chi connectivity index (χ4n) is 3.95. The Morgan fingerprint density at radius 1 is 1.00 bits per heavy atom. The van der Waals surface area contributed by atoms with E-state index in [1.54, 1.807) is 19.5 Å². The Kier molecular flexibility index (Phi) is 7.30. The number of hydrogen-bond donors (Lipinski definition) is 1. The molecule has 0 saturated carbocycles. The van der Waals surface area contributed by atoms with Gasteiger partial charge in [0.1, 0.15) is 0 Å². The number of piperazine rings is 1. The Morgan fingerprint density at radius 2 is 1.69 bits per heavy atom. The molecule has 166 valence electrons. The van der Waals surface area contributed by atoms with Crippen molar-refractivity contribution in [3.63, 3.8) is 0 Å². The summed E-state index contributed by atoms with van der Waals surface area (Å²) in [5.41, 5.74) is 2.32. The van der Waals surface area contributed by atoms with Crippen molar-refractivity contribution < 1.29 is 9.53 Å². The molecule has 7 nitrogen and oxygen atoms in total. The summed E-state index contributed by atoms with van der Waals surface area (Å²) >= 11 is 0. The third-order valence-electron chi connectivity index (χ3n) is 5.69. The summed E-state index contributed by atoms with van der Waals surface area (Å²) in [7, 11) is 1.59. The van der Waals surface area contributed by atoms with Gasteiger partial charge in [0.25, 0.3) is 0 Å². The normalized spacial score (nSPS) is 15.2. The van der Waals surface area contributed by atoms with Gasteiger partial charge in [-0.25, -0.2) is 0 Å². The highest BCUT2D eigenvalue weighted by Crippen LogP contribution is 2.19. The van der Waals surface area contributed by atoms with Crippen LogP contribution in [0, 0.1) is 0 Å². The number of carbonyl (C=O) groups is 1. The van der Waals surface area contributed by atoms with Crippen molar-refractivity contribution >= 4 is 11.7 Å². The number of carbonyl (C=O) groups excluding carboxylic acids is 1. The molecule has 1 amide bonds. The Bertz CT molecular complexity index is 991. The molecule has 1 atom stereocenters. The molecule has 2 aromatic carbocycles. The van der Waals surface area contributed by atoms with Crippen molar-refractivity contribution in [2.75, 3.05) is 44.7 Å². The van der Waals surface area contributed by atoms with Gasteiger partial charge in [-0.15, -0.1) is 0 Å². The standard InChI is InChI=1S/C25H29N5O2/c1-32-25-18-26-17-23(28-25)30-14-12-29(13-15-30)19-24(31)27-22(21-10-6-3-7-11-21)16-20-8-4-2-5-9-20/h2-11,17-18,22H,12-16,19H2,1H3,(H,27,31). The van der Waals surface area contributed by atoms with Gasteiger partial charge in [-0.3, -0.25) is 14.7 Å². The van der Waals surface area contributed by atoms with E-state index >= 15 is 0 Å². The lowest BCUT2D eigenvalue weighted by atomic mass is 9.99. The summed E-state index contributed by atoms with van der Waals surface area (Å²) in [6, 6.07) is 20.4. The molecule has 1 fully saturated rings. The number of benzene rings is 2. The Labute approximate surface area is 189 Å². The van der Waals surface area contributed by atoms with Crippen molar-refractivity contribution in [3.8, 4) is 5.88 Å². The SMILES string of the molecule is COc1cncc(N2CCN(CC(=O)NC(Cc3ccccc3)c3ccccc3)CC2)n1. The third-order valence-corrected chi connectivity index (χ3v) is 5.69. The predicted molar refractivity (Wildman–Crippen MR) is 125 cm³/mol. The van der Waals surface area contributed by atoms with Gasteiger partial charge < -0.3 is 15.0 Å². The second kappa shape index (κ2) is 10.7. The molecular formula is C25H29N5O2. The van der Waals surface area contributed by atoms with Crippen LogP contribution < -0.4 is 15.0 Å². The van der Waals surface area contributed by atoms with E-state index in [2.05, 4.69) is 49.4 Å². The fourth-order valence-corrected chi connectivity index (χ4v) is 3.95. The maximum atomic E-state index is 12.9. The van der Waals surface area contributed by atoms with Crippen molar-refractivity contribution in [3.05, 3.63) is 84.2 Å². The minimum Gasteiger partial charge on any atom is -0.480 e.